The average molecular weight is 294 g/mol. The topological polar surface area (TPSA) is 30.5 Å². The summed E-state index contributed by atoms with van der Waals surface area (Å²) in [5, 5.41) is 4.16. The van der Waals surface area contributed by atoms with E-state index in [0.29, 0.717) is 24.0 Å². The number of fused-ring (bicyclic) bond motifs is 1. The molecule has 0 spiro atoms. The van der Waals surface area contributed by atoms with Gasteiger partial charge in [0.15, 0.2) is 11.5 Å². The Kier molecular flexibility index (Phi) is 4.48. The molecule has 0 bridgehead atoms. The van der Waals surface area contributed by atoms with Crippen molar-refractivity contribution in [3.63, 3.8) is 0 Å². The molecule has 0 amide bonds. The Hall–Kier alpha value is -1.19. The lowest BCUT2D eigenvalue weighted by molar-refractivity contribution is 0.171. The summed E-state index contributed by atoms with van der Waals surface area (Å²) in [5.41, 5.74) is 1.14. The van der Waals surface area contributed by atoms with Crippen LogP contribution in [0, 0.1) is 5.92 Å². The molecule has 0 saturated heterocycles. The first kappa shape index (κ1) is 13.8. The molecule has 3 rings (SSSR count). The Bertz CT molecular complexity index is 501. The van der Waals surface area contributed by atoms with Crippen LogP contribution < -0.4 is 14.8 Å². The van der Waals surface area contributed by atoms with E-state index in [9.17, 15) is 0 Å². The van der Waals surface area contributed by atoms with E-state index < -0.39 is 0 Å². The van der Waals surface area contributed by atoms with Crippen molar-refractivity contribution in [2.45, 2.75) is 25.8 Å². The third-order valence-electron chi connectivity index (χ3n) is 3.80. The van der Waals surface area contributed by atoms with Crippen LogP contribution in [0.15, 0.2) is 24.3 Å². The highest BCUT2D eigenvalue weighted by Gasteiger charge is 2.16. The maximum atomic E-state index is 6.23. The highest BCUT2D eigenvalue weighted by Crippen LogP contribution is 2.38. The van der Waals surface area contributed by atoms with Gasteiger partial charge in [0.2, 0.25) is 0 Å². The molecular weight excluding hydrogens is 274 g/mol. The largest absolute Gasteiger partial charge is 0.486 e. The molecular formula is C16H20ClNO2. The molecule has 20 heavy (non-hydrogen) atoms. The fraction of sp³-hybridized carbons (Fsp3) is 0.500. The molecule has 108 valence electrons. The second-order valence-electron chi connectivity index (χ2n) is 5.38. The van der Waals surface area contributed by atoms with Gasteiger partial charge in [-0.15, -0.1) is 0 Å². The predicted molar refractivity (Wildman–Crippen MR) is 80.6 cm³/mol. The van der Waals surface area contributed by atoms with Crippen LogP contribution in [0.4, 0.5) is 0 Å². The Balaban J connectivity index is 1.57. The summed E-state index contributed by atoms with van der Waals surface area (Å²) in [4.78, 5) is 0. The van der Waals surface area contributed by atoms with Crippen LogP contribution in [0.25, 0.3) is 0 Å². The third-order valence-corrected chi connectivity index (χ3v) is 4.08. The highest BCUT2D eigenvalue weighted by molar-refractivity contribution is 6.32. The molecule has 1 atom stereocenters. The Morgan fingerprint density at radius 2 is 2.10 bits per heavy atom. The van der Waals surface area contributed by atoms with Gasteiger partial charge < -0.3 is 14.8 Å². The zero-order valence-electron chi connectivity index (χ0n) is 11.5. The minimum absolute atomic E-state index is 0.569. The summed E-state index contributed by atoms with van der Waals surface area (Å²) in [7, 11) is 0. The number of halogens is 1. The van der Waals surface area contributed by atoms with Crippen LogP contribution in [-0.2, 0) is 6.54 Å². The van der Waals surface area contributed by atoms with E-state index in [2.05, 4.69) is 17.5 Å². The van der Waals surface area contributed by atoms with Crippen LogP contribution in [0.3, 0.4) is 0 Å². The number of hydrogen-bond donors (Lipinski definition) is 1. The minimum Gasteiger partial charge on any atom is -0.486 e. The van der Waals surface area contributed by atoms with Crippen molar-refractivity contribution in [3.8, 4) is 11.5 Å². The second-order valence-corrected chi connectivity index (χ2v) is 5.79. The van der Waals surface area contributed by atoms with Crippen molar-refractivity contribution in [2.24, 2.45) is 5.92 Å². The molecule has 0 radical (unpaired) electrons. The Morgan fingerprint density at radius 1 is 1.20 bits per heavy atom. The normalized spacial score (nSPS) is 20.9. The van der Waals surface area contributed by atoms with Gasteiger partial charge in [-0.1, -0.05) is 23.8 Å². The zero-order valence-corrected chi connectivity index (χ0v) is 12.3. The predicted octanol–water partition coefficient (Wildman–Crippen LogP) is 3.56. The SMILES string of the molecule is Clc1cc(CNCC2CC=CCC2)cc2c1OCCO2. The Morgan fingerprint density at radius 3 is 2.95 bits per heavy atom. The van der Waals surface area contributed by atoms with Crippen molar-refractivity contribution >= 4 is 11.6 Å². The molecule has 0 fully saturated rings. The van der Waals surface area contributed by atoms with Crippen LogP contribution >= 0.6 is 11.6 Å². The average Bonchev–Trinajstić information content (AvgIpc) is 2.48. The summed E-state index contributed by atoms with van der Waals surface area (Å²) < 4.78 is 11.1. The summed E-state index contributed by atoms with van der Waals surface area (Å²) in [6.07, 6.45) is 8.25. The zero-order chi connectivity index (χ0) is 13.8. The maximum absolute atomic E-state index is 6.23. The molecule has 1 aliphatic carbocycles. The number of rotatable bonds is 4. The first-order chi connectivity index (χ1) is 9.83. The van der Waals surface area contributed by atoms with E-state index >= 15 is 0 Å². The van der Waals surface area contributed by atoms with Crippen LogP contribution in [-0.4, -0.2) is 19.8 Å². The van der Waals surface area contributed by atoms with E-state index in [1.807, 2.05) is 12.1 Å². The summed E-state index contributed by atoms with van der Waals surface area (Å²) in [5.74, 6) is 2.20. The van der Waals surface area contributed by atoms with Crippen molar-refractivity contribution in [3.05, 3.63) is 34.9 Å². The highest BCUT2D eigenvalue weighted by atomic mass is 35.5. The summed E-state index contributed by atoms with van der Waals surface area (Å²) in [6.45, 7) is 3.03. The van der Waals surface area contributed by atoms with Crippen molar-refractivity contribution in [1.82, 2.24) is 5.32 Å². The van der Waals surface area contributed by atoms with Gasteiger partial charge in [0.25, 0.3) is 0 Å². The molecule has 1 aromatic carbocycles. The summed E-state index contributed by atoms with van der Waals surface area (Å²) in [6, 6.07) is 3.98. The molecule has 4 heteroatoms. The first-order valence-corrected chi connectivity index (χ1v) is 7.64. The third kappa shape index (κ3) is 3.28. The van der Waals surface area contributed by atoms with Gasteiger partial charge in [0.1, 0.15) is 13.2 Å². The molecule has 1 N–H and O–H groups in total. The van der Waals surface area contributed by atoms with Crippen LogP contribution in [0.2, 0.25) is 5.02 Å². The van der Waals surface area contributed by atoms with Crippen molar-refractivity contribution < 1.29 is 9.47 Å². The molecule has 1 aliphatic heterocycles. The molecule has 3 nitrogen and oxygen atoms in total. The molecule has 0 aromatic heterocycles. The number of nitrogens with one attached hydrogen (secondary N) is 1. The standard InChI is InChI=1S/C16H20ClNO2/c17-14-8-13(9-15-16(14)20-7-6-19-15)11-18-10-12-4-2-1-3-5-12/h1-2,8-9,12,18H,3-7,10-11H2. The number of hydrogen-bond acceptors (Lipinski definition) is 3. The van der Waals surface area contributed by atoms with E-state index in [4.69, 9.17) is 21.1 Å². The monoisotopic (exact) mass is 293 g/mol. The smallest absolute Gasteiger partial charge is 0.179 e. The van der Waals surface area contributed by atoms with Gasteiger partial charge in [-0.05, 0) is 49.4 Å². The fourth-order valence-electron chi connectivity index (χ4n) is 2.73. The van der Waals surface area contributed by atoms with Gasteiger partial charge >= 0.3 is 0 Å². The van der Waals surface area contributed by atoms with Crippen LogP contribution in [0.5, 0.6) is 11.5 Å². The van der Waals surface area contributed by atoms with Crippen molar-refractivity contribution in [2.75, 3.05) is 19.8 Å². The lowest BCUT2D eigenvalue weighted by Crippen LogP contribution is -2.23. The van der Waals surface area contributed by atoms with Gasteiger partial charge in [-0.3, -0.25) is 0 Å². The number of allylic oxidation sites excluding steroid dienone is 2. The number of benzene rings is 1. The summed E-state index contributed by atoms with van der Waals surface area (Å²) >= 11 is 6.23. The molecule has 0 saturated carbocycles. The second kappa shape index (κ2) is 6.51. The van der Waals surface area contributed by atoms with E-state index in [1.54, 1.807) is 0 Å². The van der Waals surface area contributed by atoms with Gasteiger partial charge in [-0.25, -0.2) is 0 Å². The molecule has 1 unspecified atom stereocenters. The van der Waals surface area contributed by atoms with Crippen molar-refractivity contribution in [1.29, 1.82) is 0 Å². The maximum Gasteiger partial charge on any atom is 0.179 e. The minimum atomic E-state index is 0.569. The quantitative estimate of drug-likeness (QED) is 0.861. The molecule has 2 aliphatic rings. The van der Waals surface area contributed by atoms with Gasteiger partial charge in [-0.2, -0.15) is 0 Å². The molecule has 1 heterocycles. The van der Waals surface area contributed by atoms with Crippen LogP contribution in [0.1, 0.15) is 24.8 Å². The lowest BCUT2D eigenvalue weighted by atomic mass is 9.94. The van der Waals surface area contributed by atoms with Gasteiger partial charge in [0.05, 0.1) is 5.02 Å². The number of ether oxygens (including phenoxy) is 2. The first-order valence-electron chi connectivity index (χ1n) is 7.26. The fourth-order valence-corrected chi connectivity index (χ4v) is 3.02. The van der Waals surface area contributed by atoms with E-state index in [1.165, 1.54) is 19.3 Å². The van der Waals surface area contributed by atoms with E-state index in [-0.39, 0.29) is 0 Å². The lowest BCUT2D eigenvalue weighted by Gasteiger charge is -2.21. The molecule has 1 aromatic rings. The van der Waals surface area contributed by atoms with E-state index in [0.717, 1.165) is 30.3 Å². The van der Waals surface area contributed by atoms with Gasteiger partial charge in [0, 0.05) is 6.54 Å². The Labute approximate surface area is 124 Å².